The van der Waals surface area contributed by atoms with E-state index in [9.17, 15) is 18.0 Å². The van der Waals surface area contributed by atoms with Crippen molar-refractivity contribution in [1.29, 1.82) is 0 Å². The van der Waals surface area contributed by atoms with Crippen molar-refractivity contribution in [2.45, 2.75) is 43.4 Å². The summed E-state index contributed by atoms with van der Waals surface area (Å²) < 4.78 is 29.5. The number of aromatic nitrogens is 1. The zero-order valence-electron chi connectivity index (χ0n) is 22.3. The van der Waals surface area contributed by atoms with Gasteiger partial charge in [-0.2, -0.15) is 0 Å². The first kappa shape index (κ1) is 27.0. The Morgan fingerprint density at radius 2 is 1.82 bits per heavy atom. The van der Waals surface area contributed by atoms with Gasteiger partial charge >= 0.3 is 0 Å². The molecule has 1 amide bonds. The van der Waals surface area contributed by atoms with Gasteiger partial charge in [0, 0.05) is 24.3 Å². The largest absolute Gasteiger partial charge is 0.378 e. The molecule has 1 unspecified atom stereocenters. The number of aryl methyl sites for hydroxylation is 1. The van der Waals surface area contributed by atoms with Crippen molar-refractivity contribution in [1.82, 2.24) is 4.98 Å². The van der Waals surface area contributed by atoms with E-state index in [1.54, 1.807) is 31.2 Å². The molecule has 0 bridgehead atoms. The van der Waals surface area contributed by atoms with Gasteiger partial charge in [0.15, 0.2) is 15.6 Å². The summed E-state index contributed by atoms with van der Waals surface area (Å²) in [4.78, 5) is 33.5. The standard InChI is InChI=1S/C30H33N3O5S/c1-3-39(36,37)24-9-7-21(8-10-24)19-28(34)32-27-12-11-25-26(31-27)13-14-30(2,29(25)35)22-5-4-6-23(20-22)33-15-17-38-18-16-33/h4-12,20H,3,13-19H2,1-2H3,(H,31,32,34). The highest BCUT2D eigenvalue weighted by molar-refractivity contribution is 7.91. The van der Waals surface area contributed by atoms with Crippen LogP contribution in [0.2, 0.25) is 0 Å². The van der Waals surface area contributed by atoms with Crippen LogP contribution >= 0.6 is 0 Å². The molecule has 9 heteroatoms. The topological polar surface area (TPSA) is 106 Å². The van der Waals surface area contributed by atoms with Gasteiger partial charge in [-0.15, -0.1) is 0 Å². The molecule has 3 aromatic rings. The minimum atomic E-state index is -3.28. The summed E-state index contributed by atoms with van der Waals surface area (Å²) in [7, 11) is -3.28. The Morgan fingerprint density at radius 1 is 1.08 bits per heavy atom. The highest BCUT2D eigenvalue weighted by atomic mass is 32.2. The first-order valence-corrected chi connectivity index (χ1v) is 14.9. The van der Waals surface area contributed by atoms with Crippen LogP contribution in [0.1, 0.15) is 47.4 Å². The van der Waals surface area contributed by atoms with Crippen molar-refractivity contribution in [3.8, 4) is 0 Å². The van der Waals surface area contributed by atoms with Crippen molar-refractivity contribution in [3.63, 3.8) is 0 Å². The van der Waals surface area contributed by atoms with Gasteiger partial charge in [0.1, 0.15) is 5.82 Å². The number of Topliss-reactive ketones (excluding diaryl/α,β-unsaturated/α-hetero) is 1. The minimum absolute atomic E-state index is 0.0271. The number of sulfone groups is 1. The second kappa shape index (κ2) is 10.9. The summed E-state index contributed by atoms with van der Waals surface area (Å²) in [5.74, 6) is 0.199. The molecule has 0 saturated carbocycles. The third-order valence-electron chi connectivity index (χ3n) is 7.74. The third kappa shape index (κ3) is 5.60. The molecular formula is C30H33N3O5S. The van der Waals surface area contributed by atoms with Crippen LogP contribution in [-0.4, -0.2) is 57.1 Å². The number of benzene rings is 2. The molecule has 0 spiro atoms. The summed E-state index contributed by atoms with van der Waals surface area (Å²) in [5.41, 5.74) is 3.43. The van der Waals surface area contributed by atoms with Crippen molar-refractivity contribution in [3.05, 3.63) is 83.0 Å². The first-order valence-electron chi connectivity index (χ1n) is 13.3. The predicted molar refractivity (Wildman–Crippen MR) is 150 cm³/mol. The number of amides is 1. The highest BCUT2D eigenvalue weighted by Crippen LogP contribution is 2.39. The molecule has 5 rings (SSSR count). The molecule has 204 valence electrons. The molecule has 1 aromatic heterocycles. The number of carbonyl (C=O) groups is 2. The van der Waals surface area contributed by atoms with Gasteiger partial charge in [0.2, 0.25) is 5.91 Å². The number of ketones is 1. The number of hydrogen-bond acceptors (Lipinski definition) is 7. The number of ether oxygens (including phenoxy) is 1. The Morgan fingerprint density at radius 3 is 2.54 bits per heavy atom. The molecule has 2 heterocycles. The number of hydrogen-bond donors (Lipinski definition) is 1. The molecule has 1 atom stereocenters. The van der Waals surface area contributed by atoms with Crippen LogP contribution in [0.4, 0.5) is 11.5 Å². The average Bonchev–Trinajstić information content (AvgIpc) is 2.96. The molecule has 1 fully saturated rings. The Balaban J connectivity index is 1.28. The Kier molecular flexibility index (Phi) is 7.55. The molecule has 1 N–H and O–H groups in total. The number of nitrogens with one attached hydrogen (secondary N) is 1. The molecule has 1 aliphatic heterocycles. The van der Waals surface area contributed by atoms with Gasteiger partial charge in [0.25, 0.3) is 0 Å². The lowest BCUT2D eigenvalue weighted by atomic mass is 9.69. The summed E-state index contributed by atoms with van der Waals surface area (Å²) in [5, 5.41) is 2.81. The Labute approximate surface area is 229 Å². The van der Waals surface area contributed by atoms with Gasteiger partial charge < -0.3 is 15.0 Å². The number of rotatable bonds is 7. The van der Waals surface area contributed by atoms with E-state index >= 15 is 0 Å². The fourth-order valence-electron chi connectivity index (χ4n) is 5.24. The van der Waals surface area contributed by atoms with Crippen LogP contribution < -0.4 is 10.2 Å². The van der Waals surface area contributed by atoms with Gasteiger partial charge in [-0.3, -0.25) is 9.59 Å². The fourth-order valence-corrected chi connectivity index (χ4v) is 6.13. The third-order valence-corrected chi connectivity index (χ3v) is 9.49. The summed E-state index contributed by atoms with van der Waals surface area (Å²) >= 11 is 0. The van der Waals surface area contributed by atoms with E-state index in [1.165, 1.54) is 12.1 Å². The zero-order valence-corrected chi connectivity index (χ0v) is 23.1. The van der Waals surface area contributed by atoms with Gasteiger partial charge in [0.05, 0.1) is 41.4 Å². The van der Waals surface area contributed by atoms with E-state index in [2.05, 4.69) is 27.3 Å². The number of anilines is 2. The van der Waals surface area contributed by atoms with Crippen LogP contribution in [0.25, 0.3) is 0 Å². The molecule has 39 heavy (non-hydrogen) atoms. The molecule has 2 aromatic carbocycles. The first-order chi connectivity index (χ1) is 18.7. The van der Waals surface area contributed by atoms with E-state index in [-0.39, 0.29) is 28.8 Å². The average molecular weight is 548 g/mol. The maximum atomic E-state index is 13.7. The van der Waals surface area contributed by atoms with Crippen LogP contribution in [-0.2, 0) is 37.6 Å². The maximum Gasteiger partial charge on any atom is 0.229 e. The number of carbonyl (C=O) groups excluding carboxylic acids is 2. The number of nitrogens with zero attached hydrogens (tertiary/aromatic N) is 2. The lowest BCUT2D eigenvalue weighted by Crippen LogP contribution is -2.39. The van der Waals surface area contributed by atoms with E-state index in [1.807, 2.05) is 19.1 Å². The number of pyridine rings is 1. The molecular weight excluding hydrogens is 514 g/mol. The minimum Gasteiger partial charge on any atom is -0.378 e. The maximum absolute atomic E-state index is 13.7. The van der Waals surface area contributed by atoms with E-state index in [4.69, 9.17) is 4.74 Å². The van der Waals surface area contributed by atoms with Crippen molar-refractivity contribution in [2.24, 2.45) is 0 Å². The van der Waals surface area contributed by atoms with Crippen LogP contribution in [0.5, 0.6) is 0 Å². The van der Waals surface area contributed by atoms with Crippen molar-refractivity contribution < 1.29 is 22.7 Å². The van der Waals surface area contributed by atoms with Crippen LogP contribution in [0.15, 0.2) is 65.6 Å². The quantitative estimate of drug-likeness (QED) is 0.477. The predicted octanol–water partition coefficient (Wildman–Crippen LogP) is 3.98. The highest BCUT2D eigenvalue weighted by Gasteiger charge is 2.40. The number of fused-ring (bicyclic) bond motifs is 1. The van der Waals surface area contributed by atoms with Crippen LogP contribution in [0, 0.1) is 0 Å². The molecule has 1 aliphatic carbocycles. The lowest BCUT2D eigenvalue weighted by molar-refractivity contribution is -0.115. The smallest absolute Gasteiger partial charge is 0.229 e. The van der Waals surface area contributed by atoms with Crippen LogP contribution in [0.3, 0.4) is 0 Å². The Bertz CT molecular complexity index is 1500. The lowest BCUT2D eigenvalue weighted by Gasteiger charge is -2.35. The zero-order chi connectivity index (χ0) is 27.6. The van der Waals surface area contributed by atoms with Gasteiger partial charge in [-0.25, -0.2) is 13.4 Å². The summed E-state index contributed by atoms with van der Waals surface area (Å²) in [6.45, 7) is 6.68. The summed E-state index contributed by atoms with van der Waals surface area (Å²) in [6.07, 6.45) is 1.33. The SMILES string of the molecule is CCS(=O)(=O)c1ccc(CC(=O)Nc2ccc3c(n2)CCC(C)(c2cccc(N4CCOCC4)c2)C3=O)cc1. The summed E-state index contributed by atoms with van der Waals surface area (Å²) in [6, 6.07) is 18.0. The molecule has 1 saturated heterocycles. The van der Waals surface area contributed by atoms with E-state index in [0.717, 1.165) is 24.3 Å². The van der Waals surface area contributed by atoms with Gasteiger partial charge in [-0.1, -0.05) is 31.2 Å². The second-order valence-electron chi connectivity index (χ2n) is 10.3. The van der Waals surface area contributed by atoms with E-state index < -0.39 is 15.3 Å². The number of morpholine rings is 1. The molecule has 8 nitrogen and oxygen atoms in total. The fraction of sp³-hybridized carbons (Fsp3) is 0.367. The normalized spacial score (nSPS) is 19.4. The van der Waals surface area contributed by atoms with E-state index in [0.29, 0.717) is 48.7 Å². The second-order valence-corrected chi connectivity index (χ2v) is 12.6. The Hall–Kier alpha value is -3.56. The van der Waals surface area contributed by atoms with Gasteiger partial charge in [-0.05, 0) is 67.3 Å². The monoisotopic (exact) mass is 547 g/mol. The van der Waals surface area contributed by atoms with Crippen molar-refractivity contribution in [2.75, 3.05) is 42.3 Å². The molecule has 2 aliphatic rings. The van der Waals surface area contributed by atoms with Crippen molar-refractivity contribution >= 4 is 33.0 Å². The molecule has 0 radical (unpaired) electrons.